The van der Waals surface area contributed by atoms with Crippen LogP contribution in [0.1, 0.15) is 32.6 Å². The van der Waals surface area contributed by atoms with E-state index in [2.05, 4.69) is 0 Å². The predicted octanol–water partition coefficient (Wildman–Crippen LogP) is -2.28. The first-order valence-corrected chi connectivity index (χ1v) is 8.04. The van der Waals surface area contributed by atoms with E-state index in [-0.39, 0.29) is 18.2 Å². The summed E-state index contributed by atoms with van der Waals surface area (Å²) < 4.78 is 11.7. The van der Waals surface area contributed by atoms with Gasteiger partial charge in [-0.15, -0.1) is 0 Å². The zero-order chi connectivity index (χ0) is 16.4. The molecule has 1 aliphatic heterocycles. The molecule has 2 rings (SSSR count). The van der Waals surface area contributed by atoms with Crippen molar-refractivity contribution in [3.8, 4) is 0 Å². The average Bonchev–Trinajstić information content (AvgIpc) is 2.50. The molecular weight excluding hydrogens is 288 g/mol. The number of nitrogens with two attached hydrogens (primary N) is 4. The van der Waals surface area contributed by atoms with Crippen LogP contribution in [0.4, 0.5) is 0 Å². The molecule has 10 N–H and O–H groups in total. The predicted molar refractivity (Wildman–Crippen MR) is 81.6 cm³/mol. The molecule has 1 unspecified atom stereocenters. The largest absolute Gasteiger partial charge is 0.389 e. The SMILES string of the molecule is CC[C@@H](N)C1CC[C@H](N)[C@@H](O[C@H]2[C@H](O)[C@@H](O)[C@H](N)C[C@@H]2N)O1. The molecule has 8 nitrogen and oxygen atoms in total. The van der Waals surface area contributed by atoms with Gasteiger partial charge in [0, 0.05) is 18.1 Å². The molecule has 0 aromatic carbocycles. The molecule has 2 aliphatic rings. The van der Waals surface area contributed by atoms with Crippen molar-refractivity contribution in [3.63, 3.8) is 0 Å². The Morgan fingerprint density at radius 3 is 2.41 bits per heavy atom. The second kappa shape index (κ2) is 7.50. The Balaban J connectivity index is 2.01. The summed E-state index contributed by atoms with van der Waals surface area (Å²) in [5, 5.41) is 20.1. The van der Waals surface area contributed by atoms with Gasteiger partial charge < -0.3 is 42.6 Å². The van der Waals surface area contributed by atoms with Gasteiger partial charge in [0.1, 0.15) is 12.2 Å². The molecule has 1 saturated carbocycles. The van der Waals surface area contributed by atoms with Crippen LogP contribution in [0.15, 0.2) is 0 Å². The van der Waals surface area contributed by atoms with Gasteiger partial charge >= 0.3 is 0 Å². The van der Waals surface area contributed by atoms with Crippen molar-refractivity contribution >= 4 is 0 Å². The van der Waals surface area contributed by atoms with Crippen LogP contribution in [0.5, 0.6) is 0 Å². The highest BCUT2D eigenvalue weighted by Crippen LogP contribution is 2.27. The van der Waals surface area contributed by atoms with Crippen LogP contribution >= 0.6 is 0 Å². The fraction of sp³-hybridized carbons (Fsp3) is 1.00. The van der Waals surface area contributed by atoms with E-state index in [9.17, 15) is 10.2 Å². The summed E-state index contributed by atoms with van der Waals surface area (Å²) in [5.41, 5.74) is 23.8. The fourth-order valence-corrected chi connectivity index (χ4v) is 3.17. The molecule has 2 fully saturated rings. The van der Waals surface area contributed by atoms with Gasteiger partial charge in [-0.25, -0.2) is 0 Å². The number of hydrogen-bond donors (Lipinski definition) is 6. The van der Waals surface area contributed by atoms with Crippen LogP contribution in [0.25, 0.3) is 0 Å². The zero-order valence-electron chi connectivity index (χ0n) is 13.0. The zero-order valence-corrected chi connectivity index (χ0v) is 13.0. The average molecular weight is 318 g/mol. The maximum absolute atomic E-state index is 10.2. The van der Waals surface area contributed by atoms with Crippen LogP contribution in [0, 0.1) is 0 Å². The lowest BCUT2D eigenvalue weighted by atomic mass is 9.84. The van der Waals surface area contributed by atoms with Gasteiger partial charge in [0.05, 0.1) is 18.2 Å². The molecule has 1 aliphatic carbocycles. The smallest absolute Gasteiger partial charge is 0.173 e. The monoisotopic (exact) mass is 318 g/mol. The third kappa shape index (κ3) is 3.77. The second-order valence-electron chi connectivity index (χ2n) is 6.50. The van der Waals surface area contributed by atoms with E-state index >= 15 is 0 Å². The maximum atomic E-state index is 10.2. The van der Waals surface area contributed by atoms with Crippen molar-refractivity contribution in [2.45, 2.75) is 87.5 Å². The minimum atomic E-state index is -1.16. The number of ether oxygens (including phenoxy) is 2. The quantitative estimate of drug-likeness (QED) is 0.337. The molecule has 1 heterocycles. The van der Waals surface area contributed by atoms with Crippen LogP contribution in [-0.4, -0.2) is 65.1 Å². The first-order valence-electron chi connectivity index (χ1n) is 8.04. The summed E-state index contributed by atoms with van der Waals surface area (Å²) in [6.07, 6.45) is -1.14. The van der Waals surface area contributed by atoms with Gasteiger partial charge in [-0.05, 0) is 25.7 Å². The normalized spacial score (nSPS) is 48.1. The van der Waals surface area contributed by atoms with E-state index in [1.54, 1.807) is 0 Å². The molecular formula is C14H30N4O4. The van der Waals surface area contributed by atoms with Gasteiger partial charge in [-0.2, -0.15) is 0 Å². The molecule has 0 radical (unpaired) electrons. The van der Waals surface area contributed by atoms with Crippen molar-refractivity contribution in [3.05, 3.63) is 0 Å². The van der Waals surface area contributed by atoms with Gasteiger partial charge in [-0.3, -0.25) is 0 Å². The Labute approximate surface area is 131 Å². The first kappa shape index (κ1) is 18.0. The van der Waals surface area contributed by atoms with Gasteiger partial charge in [0.2, 0.25) is 0 Å². The molecule has 1 saturated heterocycles. The Bertz CT molecular complexity index is 362. The van der Waals surface area contributed by atoms with Gasteiger partial charge in [0.15, 0.2) is 6.29 Å². The van der Waals surface area contributed by atoms with Gasteiger partial charge in [-0.1, -0.05) is 6.92 Å². The standard InChI is InChI=1S/C14H30N4O4/c1-2-6(15)10-4-3-7(16)14(21-10)22-13-9(18)5-8(17)11(19)12(13)20/h6-14,19-20H,2-5,15-18H2,1H3/t6-,7+,8-,9+,10?,11+,12-,13-,14-/m1/s1. The summed E-state index contributed by atoms with van der Waals surface area (Å²) in [6.45, 7) is 2.00. The van der Waals surface area contributed by atoms with Crippen LogP contribution in [0.3, 0.4) is 0 Å². The third-order valence-electron chi connectivity index (χ3n) is 4.77. The Hall–Kier alpha value is -0.320. The molecule has 0 amide bonds. The molecule has 22 heavy (non-hydrogen) atoms. The first-order chi connectivity index (χ1) is 10.3. The van der Waals surface area contributed by atoms with Crippen LogP contribution in [0.2, 0.25) is 0 Å². The lowest BCUT2D eigenvalue weighted by molar-refractivity contribution is -0.256. The molecule has 0 bridgehead atoms. The lowest BCUT2D eigenvalue weighted by Crippen LogP contribution is -2.64. The van der Waals surface area contributed by atoms with E-state index in [0.29, 0.717) is 6.42 Å². The minimum Gasteiger partial charge on any atom is -0.389 e. The summed E-state index contributed by atoms with van der Waals surface area (Å²) in [6, 6.07) is -1.44. The van der Waals surface area contributed by atoms with E-state index in [1.807, 2.05) is 6.92 Å². The highest BCUT2D eigenvalue weighted by molar-refractivity contribution is 4.98. The van der Waals surface area contributed by atoms with Crippen LogP contribution < -0.4 is 22.9 Å². The molecule has 9 atom stereocenters. The summed E-state index contributed by atoms with van der Waals surface area (Å²) in [5.74, 6) is 0. The van der Waals surface area contributed by atoms with E-state index in [4.69, 9.17) is 32.4 Å². The minimum absolute atomic E-state index is 0.0810. The highest BCUT2D eigenvalue weighted by Gasteiger charge is 2.44. The van der Waals surface area contributed by atoms with Crippen molar-refractivity contribution in [1.29, 1.82) is 0 Å². The van der Waals surface area contributed by atoms with E-state index in [1.165, 1.54) is 0 Å². The van der Waals surface area contributed by atoms with Crippen molar-refractivity contribution < 1.29 is 19.7 Å². The number of aliphatic hydroxyl groups is 2. The second-order valence-corrected chi connectivity index (χ2v) is 6.50. The summed E-state index contributed by atoms with van der Waals surface area (Å²) >= 11 is 0. The van der Waals surface area contributed by atoms with E-state index in [0.717, 1.165) is 19.3 Å². The Morgan fingerprint density at radius 2 is 1.77 bits per heavy atom. The number of hydrogen-bond acceptors (Lipinski definition) is 8. The molecule has 0 spiro atoms. The summed E-state index contributed by atoms with van der Waals surface area (Å²) in [7, 11) is 0. The molecule has 130 valence electrons. The number of aliphatic hydroxyl groups excluding tert-OH is 2. The topological polar surface area (TPSA) is 163 Å². The Kier molecular flexibility index (Phi) is 6.14. The molecule has 0 aromatic rings. The highest BCUT2D eigenvalue weighted by atomic mass is 16.7. The summed E-state index contributed by atoms with van der Waals surface area (Å²) in [4.78, 5) is 0. The van der Waals surface area contributed by atoms with E-state index < -0.39 is 36.7 Å². The van der Waals surface area contributed by atoms with Crippen molar-refractivity contribution in [2.75, 3.05) is 0 Å². The molecule has 0 aromatic heterocycles. The van der Waals surface area contributed by atoms with Crippen LogP contribution in [-0.2, 0) is 9.47 Å². The lowest BCUT2D eigenvalue weighted by Gasteiger charge is -2.44. The molecule has 8 heteroatoms. The Morgan fingerprint density at radius 1 is 1.09 bits per heavy atom. The third-order valence-corrected chi connectivity index (χ3v) is 4.77. The van der Waals surface area contributed by atoms with Crippen molar-refractivity contribution in [1.82, 2.24) is 0 Å². The number of rotatable bonds is 4. The van der Waals surface area contributed by atoms with Crippen molar-refractivity contribution in [2.24, 2.45) is 22.9 Å². The maximum Gasteiger partial charge on any atom is 0.173 e. The van der Waals surface area contributed by atoms with Gasteiger partial charge in [0.25, 0.3) is 0 Å². The fourth-order valence-electron chi connectivity index (χ4n) is 3.17.